The number of nitrogens with zero attached hydrogens (tertiary/aromatic N) is 2. The summed E-state index contributed by atoms with van der Waals surface area (Å²) in [4.78, 5) is 20.0. The third-order valence-corrected chi connectivity index (χ3v) is 3.98. The molecule has 1 saturated heterocycles. The molecule has 22 heavy (non-hydrogen) atoms. The zero-order valence-corrected chi connectivity index (χ0v) is 12.2. The molecule has 0 radical (unpaired) electrons. The van der Waals surface area contributed by atoms with Crippen molar-refractivity contribution in [1.82, 2.24) is 15.3 Å². The van der Waals surface area contributed by atoms with Crippen molar-refractivity contribution in [3.63, 3.8) is 0 Å². The Labute approximate surface area is 129 Å². The zero-order chi connectivity index (χ0) is 15.5. The molecule has 3 rings (SSSR count). The van der Waals surface area contributed by atoms with Crippen LogP contribution in [0.1, 0.15) is 34.8 Å². The van der Waals surface area contributed by atoms with E-state index in [-0.39, 0.29) is 5.95 Å². The molecule has 1 unspecified atom stereocenters. The van der Waals surface area contributed by atoms with Crippen LogP contribution >= 0.6 is 0 Å². The molecular formula is C16H19N5O. The number of hydrogen-bond donors (Lipinski definition) is 3. The van der Waals surface area contributed by atoms with Gasteiger partial charge in [-0.25, -0.2) is 9.97 Å². The summed E-state index contributed by atoms with van der Waals surface area (Å²) in [5, 5.41) is 3.39. The maximum atomic E-state index is 11.4. The molecule has 0 spiro atoms. The summed E-state index contributed by atoms with van der Waals surface area (Å²) in [6.07, 6.45) is 3.90. The second kappa shape index (κ2) is 6.11. The predicted octanol–water partition coefficient (Wildman–Crippen LogP) is 1.29. The van der Waals surface area contributed by atoms with Gasteiger partial charge in [0.1, 0.15) is 0 Å². The van der Waals surface area contributed by atoms with Crippen LogP contribution in [-0.4, -0.2) is 29.0 Å². The maximum Gasteiger partial charge on any atom is 0.248 e. The van der Waals surface area contributed by atoms with E-state index in [9.17, 15) is 4.79 Å². The summed E-state index contributed by atoms with van der Waals surface area (Å²) in [6, 6.07) is 7.22. The number of nitrogen functional groups attached to an aromatic ring is 1. The Hall–Kier alpha value is -2.47. The molecular weight excluding hydrogens is 278 g/mol. The van der Waals surface area contributed by atoms with Crippen molar-refractivity contribution >= 4 is 11.9 Å². The molecule has 6 heteroatoms. The van der Waals surface area contributed by atoms with E-state index >= 15 is 0 Å². The SMILES string of the molecule is NC(=O)c1cccc(-c2cnc(N)nc2C2CCCNC2)c1. The summed E-state index contributed by atoms with van der Waals surface area (Å²) in [5.74, 6) is 0.126. The molecule has 1 aliphatic heterocycles. The van der Waals surface area contributed by atoms with Crippen LogP contribution in [-0.2, 0) is 0 Å². The maximum absolute atomic E-state index is 11.4. The molecule has 1 amide bonds. The van der Waals surface area contributed by atoms with E-state index in [4.69, 9.17) is 11.5 Å². The van der Waals surface area contributed by atoms with Gasteiger partial charge < -0.3 is 16.8 Å². The van der Waals surface area contributed by atoms with Gasteiger partial charge in [0.05, 0.1) is 5.69 Å². The van der Waals surface area contributed by atoms with Gasteiger partial charge >= 0.3 is 0 Å². The van der Waals surface area contributed by atoms with E-state index in [2.05, 4.69) is 15.3 Å². The van der Waals surface area contributed by atoms with Crippen LogP contribution in [0, 0.1) is 0 Å². The molecule has 1 aromatic heterocycles. The second-order valence-corrected chi connectivity index (χ2v) is 5.52. The number of amides is 1. The van der Waals surface area contributed by atoms with Crippen LogP contribution in [0.5, 0.6) is 0 Å². The van der Waals surface area contributed by atoms with Gasteiger partial charge in [0.15, 0.2) is 0 Å². The van der Waals surface area contributed by atoms with Gasteiger partial charge in [0, 0.05) is 29.8 Å². The van der Waals surface area contributed by atoms with Crippen LogP contribution in [0.4, 0.5) is 5.95 Å². The van der Waals surface area contributed by atoms with Gasteiger partial charge in [-0.3, -0.25) is 4.79 Å². The van der Waals surface area contributed by atoms with Crippen molar-refractivity contribution in [2.75, 3.05) is 18.8 Å². The van der Waals surface area contributed by atoms with Crippen molar-refractivity contribution in [1.29, 1.82) is 0 Å². The Morgan fingerprint density at radius 2 is 2.23 bits per heavy atom. The molecule has 0 aliphatic carbocycles. The molecule has 6 nitrogen and oxygen atoms in total. The Morgan fingerprint density at radius 3 is 2.95 bits per heavy atom. The highest BCUT2D eigenvalue weighted by Gasteiger charge is 2.21. The zero-order valence-electron chi connectivity index (χ0n) is 12.2. The fraction of sp³-hybridized carbons (Fsp3) is 0.312. The number of anilines is 1. The highest BCUT2D eigenvalue weighted by atomic mass is 16.1. The smallest absolute Gasteiger partial charge is 0.248 e. The highest BCUT2D eigenvalue weighted by molar-refractivity contribution is 5.94. The fourth-order valence-corrected chi connectivity index (χ4v) is 2.87. The van der Waals surface area contributed by atoms with Crippen LogP contribution in [0.25, 0.3) is 11.1 Å². The van der Waals surface area contributed by atoms with E-state index in [1.807, 2.05) is 12.1 Å². The fourth-order valence-electron chi connectivity index (χ4n) is 2.87. The molecule has 1 atom stereocenters. The quantitative estimate of drug-likeness (QED) is 0.791. The Kier molecular flexibility index (Phi) is 4.02. The van der Waals surface area contributed by atoms with Crippen LogP contribution < -0.4 is 16.8 Å². The standard InChI is InChI=1S/C16H19N5O/c17-15(22)11-4-1-3-10(7-11)13-9-20-16(18)21-14(13)12-5-2-6-19-8-12/h1,3-4,7,9,12,19H,2,5-6,8H2,(H2,17,22)(H2,18,20,21). The van der Waals surface area contributed by atoms with Gasteiger partial charge in [-0.1, -0.05) is 12.1 Å². The first-order chi connectivity index (χ1) is 10.6. The van der Waals surface area contributed by atoms with E-state index < -0.39 is 5.91 Å². The Morgan fingerprint density at radius 1 is 1.36 bits per heavy atom. The van der Waals surface area contributed by atoms with Crippen molar-refractivity contribution in [2.45, 2.75) is 18.8 Å². The van der Waals surface area contributed by atoms with Gasteiger partial charge in [-0.05, 0) is 37.1 Å². The molecule has 5 N–H and O–H groups in total. The summed E-state index contributed by atoms with van der Waals surface area (Å²) < 4.78 is 0. The Balaban J connectivity index is 2.06. The van der Waals surface area contributed by atoms with Crippen molar-refractivity contribution in [3.05, 3.63) is 41.7 Å². The minimum Gasteiger partial charge on any atom is -0.368 e. The number of carbonyl (C=O) groups is 1. The normalized spacial score (nSPS) is 18.1. The van der Waals surface area contributed by atoms with Crippen molar-refractivity contribution in [3.8, 4) is 11.1 Å². The number of rotatable bonds is 3. The van der Waals surface area contributed by atoms with Crippen LogP contribution in [0.2, 0.25) is 0 Å². The van der Waals surface area contributed by atoms with E-state index in [1.165, 1.54) is 0 Å². The number of piperidine rings is 1. The summed E-state index contributed by atoms with van der Waals surface area (Å²) in [6.45, 7) is 1.91. The highest BCUT2D eigenvalue weighted by Crippen LogP contribution is 2.31. The van der Waals surface area contributed by atoms with Crippen LogP contribution in [0.15, 0.2) is 30.5 Å². The van der Waals surface area contributed by atoms with Crippen molar-refractivity contribution in [2.24, 2.45) is 5.73 Å². The average Bonchev–Trinajstić information content (AvgIpc) is 2.55. The second-order valence-electron chi connectivity index (χ2n) is 5.52. The topological polar surface area (TPSA) is 107 Å². The first kappa shape index (κ1) is 14.5. The molecule has 1 aliphatic rings. The van der Waals surface area contributed by atoms with Crippen molar-refractivity contribution < 1.29 is 4.79 Å². The monoisotopic (exact) mass is 297 g/mol. The minimum absolute atomic E-state index is 0.273. The van der Waals surface area contributed by atoms with Gasteiger partial charge in [-0.2, -0.15) is 0 Å². The number of primary amides is 1. The van der Waals surface area contributed by atoms with E-state index in [0.717, 1.165) is 42.8 Å². The lowest BCUT2D eigenvalue weighted by molar-refractivity contribution is 0.100. The molecule has 0 saturated carbocycles. The van der Waals surface area contributed by atoms with Gasteiger partial charge in [-0.15, -0.1) is 0 Å². The Bertz CT molecular complexity index is 695. The third kappa shape index (κ3) is 2.92. The number of nitrogens with one attached hydrogen (secondary N) is 1. The largest absolute Gasteiger partial charge is 0.368 e. The molecule has 114 valence electrons. The van der Waals surface area contributed by atoms with E-state index in [1.54, 1.807) is 18.3 Å². The number of benzene rings is 1. The lowest BCUT2D eigenvalue weighted by Gasteiger charge is -2.24. The molecule has 0 bridgehead atoms. The molecule has 2 heterocycles. The molecule has 1 fully saturated rings. The van der Waals surface area contributed by atoms with Gasteiger partial charge in [0.25, 0.3) is 0 Å². The summed E-state index contributed by atoms with van der Waals surface area (Å²) >= 11 is 0. The number of nitrogens with two attached hydrogens (primary N) is 2. The molecule has 2 aromatic rings. The van der Waals surface area contributed by atoms with E-state index in [0.29, 0.717) is 11.5 Å². The lowest BCUT2D eigenvalue weighted by Crippen LogP contribution is -2.29. The first-order valence-electron chi connectivity index (χ1n) is 7.38. The first-order valence-corrected chi connectivity index (χ1v) is 7.38. The minimum atomic E-state index is -0.445. The summed E-state index contributed by atoms with van der Waals surface area (Å²) in [5.41, 5.74) is 14.3. The third-order valence-electron chi connectivity index (χ3n) is 3.98. The predicted molar refractivity (Wildman–Crippen MR) is 85.2 cm³/mol. The van der Waals surface area contributed by atoms with Crippen LogP contribution in [0.3, 0.4) is 0 Å². The van der Waals surface area contributed by atoms with Gasteiger partial charge in [0.2, 0.25) is 11.9 Å². The number of hydrogen-bond acceptors (Lipinski definition) is 5. The lowest BCUT2D eigenvalue weighted by atomic mass is 9.90. The number of aromatic nitrogens is 2. The number of carbonyl (C=O) groups excluding carboxylic acids is 1. The average molecular weight is 297 g/mol. The molecule has 1 aromatic carbocycles. The summed E-state index contributed by atoms with van der Waals surface area (Å²) in [7, 11) is 0.